The summed E-state index contributed by atoms with van der Waals surface area (Å²) >= 11 is 0. The molecule has 1 heterocycles. The highest BCUT2D eigenvalue weighted by atomic mass is 16.5. The van der Waals surface area contributed by atoms with Crippen LogP contribution >= 0.6 is 0 Å². The fourth-order valence-electron chi connectivity index (χ4n) is 2.33. The summed E-state index contributed by atoms with van der Waals surface area (Å²) in [5.74, 6) is -0.920. The van der Waals surface area contributed by atoms with Gasteiger partial charge in [-0.25, -0.2) is 9.59 Å². The Labute approximate surface area is 114 Å². The molecule has 0 spiro atoms. The van der Waals surface area contributed by atoms with Crippen LogP contribution in [-0.4, -0.2) is 54.4 Å². The number of aliphatic carboxylic acids is 1. The zero-order chi connectivity index (χ0) is 14.3. The van der Waals surface area contributed by atoms with Gasteiger partial charge in [0.15, 0.2) is 0 Å². The van der Waals surface area contributed by atoms with Crippen molar-refractivity contribution in [2.75, 3.05) is 20.3 Å². The van der Waals surface area contributed by atoms with Gasteiger partial charge in [0.25, 0.3) is 0 Å². The van der Waals surface area contributed by atoms with E-state index in [1.807, 2.05) is 6.92 Å². The third kappa shape index (κ3) is 4.70. The quantitative estimate of drug-likeness (QED) is 0.794. The van der Waals surface area contributed by atoms with Crippen molar-refractivity contribution in [3.05, 3.63) is 0 Å². The highest BCUT2D eigenvalue weighted by molar-refractivity contribution is 5.82. The summed E-state index contributed by atoms with van der Waals surface area (Å²) in [7, 11) is 1.58. The van der Waals surface area contributed by atoms with Crippen LogP contribution in [0.1, 0.15) is 39.0 Å². The molecule has 2 unspecified atom stereocenters. The standard InChI is InChI=1S/C13H24N2O4/c1-3-10(9-19-2)14-13(18)15-8-6-4-5-7-11(15)12(16)17/h10-11H,3-9H2,1-2H3,(H,14,18)(H,16,17). The van der Waals surface area contributed by atoms with Gasteiger partial charge in [-0.2, -0.15) is 0 Å². The minimum absolute atomic E-state index is 0.0739. The molecule has 0 aromatic carbocycles. The van der Waals surface area contributed by atoms with E-state index in [1.54, 1.807) is 7.11 Å². The van der Waals surface area contributed by atoms with Crippen LogP contribution in [0.4, 0.5) is 4.79 Å². The number of likely N-dealkylation sites (tertiary alicyclic amines) is 1. The Morgan fingerprint density at radius 3 is 2.74 bits per heavy atom. The minimum Gasteiger partial charge on any atom is -0.480 e. The first-order chi connectivity index (χ1) is 9.10. The Kier molecular flexibility index (Phi) is 6.62. The summed E-state index contributed by atoms with van der Waals surface area (Å²) in [5.41, 5.74) is 0. The van der Waals surface area contributed by atoms with Crippen molar-refractivity contribution < 1.29 is 19.4 Å². The zero-order valence-electron chi connectivity index (χ0n) is 11.7. The topological polar surface area (TPSA) is 78.9 Å². The molecule has 1 saturated heterocycles. The number of carboxylic acids is 1. The number of amides is 2. The lowest BCUT2D eigenvalue weighted by molar-refractivity contribution is -0.142. The van der Waals surface area contributed by atoms with E-state index in [0.29, 0.717) is 19.6 Å². The van der Waals surface area contributed by atoms with Crippen LogP contribution in [0.5, 0.6) is 0 Å². The maximum atomic E-state index is 12.2. The molecule has 1 fully saturated rings. The SMILES string of the molecule is CCC(COC)NC(=O)N1CCCCCC1C(=O)O. The summed E-state index contributed by atoms with van der Waals surface area (Å²) in [4.78, 5) is 24.9. The third-order valence-electron chi connectivity index (χ3n) is 3.49. The number of carboxylic acid groups (broad SMARTS) is 1. The molecule has 6 nitrogen and oxygen atoms in total. The molecule has 1 aliphatic heterocycles. The van der Waals surface area contributed by atoms with Gasteiger partial charge >= 0.3 is 12.0 Å². The minimum atomic E-state index is -0.920. The van der Waals surface area contributed by atoms with E-state index < -0.39 is 12.0 Å². The van der Waals surface area contributed by atoms with E-state index >= 15 is 0 Å². The van der Waals surface area contributed by atoms with Gasteiger partial charge in [0.05, 0.1) is 12.6 Å². The second kappa shape index (κ2) is 7.99. The predicted octanol–water partition coefficient (Wildman–Crippen LogP) is 1.45. The Hall–Kier alpha value is -1.30. The highest BCUT2D eigenvalue weighted by Crippen LogP contribution is 2.17. The number of methoxy groups -OCH3 is 1. The van der Waals surface area contributed by atoms with Crippen LogP contribution in [0.3, 0.4) is 0 Å². The van der Waals surface area contributed by atoms with Gasteiger partial charge in [0.2, 0.25) is 0 Å². The summed E-state index contributed by atoms with van der Waals surface area (Å²) in [6.07, 6.45) is 3.98. The molecular formula is C13H24N2O4. The normalized spacial score (nSPS) is 21.6. The van der Waals surface area contributed by atoms with Crippen molar-refractivity contribution in [2.24, 2.45) is 0 Å². The number of nitrogens with zero attached hydrogens (tertiary/aromatic N) is 1. The van der Waals surface area contributed by atoms with E-state index in [0.717, 1.165) is 25.7 Å². The van der Waals surface area contributed by atoms with Crippen LogP contribution < -0.4 is 5.32 Å². The molecule has 2 amide bonds. The van der Waals surface area contributed by atoms with Crippen LogP contribution in [0.25, 0.3) is 0 Å². The van der Waals surface area contributed by atoms with Gasteiger partial charge in [-0.05, 0) is 19.3 Å². The summed E-state index contributed by atoms with van der Waals surface area (Å²) in [5, 5.41) is 12.1. The largest absolute Gasteiger partial charge is 0.480 e. The highest BCUT2D eigenvalue weighted by Gasteiger charge is 2.31. The van der Waals surface area contributed by atoms with Crippen molar-refractivity contribution in [3.63, 3.8) is 0 Å². The first-order valence-corrected chi connectivity index (χ1v) is 6.89. The summed E-state index contributed by atoms with van der Waals surface area (Å²) in [6, 6.07) is -1.07. The molecule has 0 saturated carbocycles. The van der Waals surface area contributed by atoms with E-state index in [-0.39, 0.29) is 12.1 Å². The molecule has 1 rings (SSSR count). The van der Waals surface area contributed by atoms with Crippen molar-refractivity contribution in [1.82, 2.24) is 10.2 Å². The number of hydrogen-bond acceptors (Lipinski definition) is 3. The number of hydrogen-bond donors (Lipinski definition) is 2. The number of carbonyl (C=O) groups is 2. The fraction of sp³-hybridized carbons (Fsp3) is 0.846. The number of rotatable bonds is 5. The van der Waals surface area contributed by atoms with E-state index in [2.05, 4.69) is 5.32 Å². The predicted molar refractivity (Wildman–Crippen MR) is 71.1 cm³/mol. The molecule has 1 aliphatic rings. The molecule has 0 bridgehead atoms. The van der Waals surface area contributed by atoms with Gasteiger partial charge in [0, 0.05) is 13.7 Å². The van der Waals surface area contributed by atoms with E-state index in [1.165, 1.54) is 4.90 Å². The molecule has 0 aliphatic carbocycles. The molecular weight excluding hydrogens is 248 g/mol. The van der Waals surface area contributed by atoms with Crippen molar-refractivity contribution in [3.8, 4) is 0 Å². The molecule has 0 radical (unpaired) electrons. The number of nitrogens with one attached hydrogen (secondary N) is 1. The summed E-state index contributed by atoms with van der Waals surface area (Å²) in [6.45, 7) is 2.90. The van der Waals surface area contributed by atoms with Gasteiger partial charge in [0.1, 0.15) is 6.04 Å². The number of carbonyl (C=O) groups excluding carboxylic acids is 1. The van der Waals surface area contributed by atoms with Crippen LogP contribution in [0.15, 0.2) is 0 Å². The molecule has 6 heteroatoms. The monoisotopic (exact) mass is 272 g/mol. The smallest absolute Gasteiger partial charge is 0.326 e. The maximum absolute atomic E-state index is 12.2. The van der Waals surface area contributed by atoms with Gasteiger partial charge in [-0.1, -0.05) is 19.8 Å². The Balaban J connectivity index is 2.67. The van der Waals surface area contributed by atoms with Crippen molar-refractivity contribution in [1.29, 1.82) is 0 Å². The molecule has 19 heavy (non-hydrogen) atoms. The Morgan fingerprint density at radius 1 is 1.42 bits per heavy atom. The van der Waals surface area contributed by atoms with Gasteiger partial charge in [-0.15, -0.1) is 0 Å². The Morgan fingerprint density at radius 2 is 2.16 bits per heavy atom. The third-order valence-corrected chi connectivity index (χ3v) is 3.49. The second-order valence-electron chi connectivity index (χ2n) is 4.91. The number of ether oxygens (including phenoxy) is 1. The molecule has 0 aromatic heterocycles. The maximum Gasteiger partial charge on any atom is 0.326 e. The van der Waals surface area contributed by atoms with Crippen LogP contribution in [0, 0.1) is 0 Å². The zero-order valence-corrected chi connectivity index (χ0v) is 11.7. The van der Waals surface area contributed by atoms with Crippen LogP contribution in [0.2, 0.25) is 0 Å². The van der Waals surface area contributed by atoms with E-state index in [9.17, 15) is 14.7 Å². The van der Waals surface area contributed by atoms with Gasteiger partial charge < -0.3 is 20.1 Å². The summed E-state index contributed by atoms with van der Waals surface area (Å²) < 4.78 is 5.03. The first-order valence-electron chi connectivity index (χ1n) is 6.89. The van der Waals surface area contributed by atoms with Gasteiger partial charge in [-0.3, -0.25) is 0 Å². The second-order valence-corrected chi connectivity index (χ2v) is 4.91. The molecule has 2 N–H and O–H groups in total. The average molecular weight is 272 g/mol. The lowest BCUT2D eigenvalue weighted by atomic mass is 10.1. The van der Waals surface area contributed by atoms with Crippen LogP contribution in [-0.2, 0) is 9.53 Å². The lowest BCUT2D eigenvalue weighted by Gasteiger charge is -2.29. The van der Waals surface area contributed by atoms with Crippen molar-refractivity contribution >= 4 is 12.0 Å². The van der Waals surface area contributed by atoms with Crippen molar-refractivity contribution in [2.45, 2.75) is 51.1 Å². The molecule has 0 aromatic rings. The number of urea groups is 1. The lowest BCUT2D eigenvalue weighted by Crippen LogP contribution is -2.52. The molecule has 2 atom stereocenters. The Bertz CT molecular complexity index is 309. The first kappa shape index (κ1) is 15.8. The fourth-order valence-corrected chi connectivity index (χ4v) is 2.33. The van der Waals surface area contributed by atoms with E-state index in [4.69, 9.17) is 4.74 Å². The average Bonchev–Trinajstić information content (AvgIpc) is 2.63. The molecule has 110 valence electrons.